The minimum atomic E-state index is -0.354. The van der Waals surface area contributed by atoms with Gasteiger partial charge in [-0.1, -0.05) is 6.92 Å². The average molecular weight is 356 g/mol. The third kappa shape index (κ3) is 2.43. The lowest BCUT2D eigenvalue weighted by Gasteiger charge is -2.12. The maximum Gasteiger partial charge on any atom is 0.231 e. The largest absolute Gasteiger partial charge is 0.437 e. The monoisotopic (exact) mass is 356 g/mol. The van der Waals surface area contributed by atoms with Crippen LogP contribution in [0.4, 0.5) is 4.39 Å². The number of nitrogens with zero attached hydrogens (tertiary/aromatic N) is 2. The van der Waals surface area contributed by atoms with Crippen molar-refractivity contribution in [1.82, 2.24) is 9.97 Å². The van der Waals surface area contributed by atoms with Gasteiger partial charge in [0.25, 0.3) is 0 Å². The zero-order valence-electron chi connectivity index (χ0n) is 14.4. The lowest BCUT2D eigenvalue weighted by atomic mass is 10.0. The standard InChI is InChI=1S/C19H17FN2O2S/c1-8-7-13(23)17-14(6-5-12(20)15(8)17)24-18-16-9(2)10(3)25-19(16)22-11(4)21-18/h5-6,8H,7H2,1-4H3. The average Bonchev–Trinajstić information content (AvgIpc) is 2.99. The number of hydrogen-bond donors (Lipinski definition) is 0. The van der Waals surface area contributed by atoms with Crippen LogP contribution in [0, 0.1) is 26.6 Å². The predicted molar refractivity (Wildman–Crippen MR) is 95.5 cm³/mol. The Morgan fingerprint density at radius 2 is 2.00 bits per heavy atom. The Labute approximate surface area is 148 Å². The molecule has 0 radical (unpaired) electrons. The highest BCUT2D eigenvalue weighted by molar-refractivity contribution is 7.18. The molecule has 0 spiro atoms. The molecular weight excluding hydrogens is 339 g/mol. The summed E-state index contributed by atoms with van der Waals surface area (Å²) in [4.78, 5) is 23.3. The van der Waals surface area contributed by atoms with Gasteiger partial charge in [0.1, 0.15) is 22.2 Å². The minimum absolute atomic E-state index is 0.0859. The smallest absolute Gasteiger partial charge is 0.231 e. The van der Waals surface area contributed by atoms with Gasteiger partial charge in [0.2, 0.25) is 5.88 Å². The predicted octanol–water partition coefficient (Wildman–Crippen LogP) is 5.24. The zero-order chi connectivity index (χ0) is 17.9. The second kappa shape index (κ2) is 5.59. The lowest BCUT2D eigenvalue weighted by molar-refractivity contribution is 0.0988. The van der Waals surface area contributed by atoms with Gasteiger partial charge in [-0.3, -0.25) is 4.79 Å². The Bertz CT molecular complexity index is 1040. The number of halogens is 1. The van der Waals surface area contributed by atoms with E-state index in [1.807, 2.05) is 20.8 Å². The Balaban J connectivity index is 1.91. The quantitative estimate of drug-likeness (QED) is 0.630. The number of aromatic nitrogens is 2. The second-order valence-electron chi connectivity index (χ2n) is 6.50. The van der Waals surface area contributed by atoms with Crippen molar-refractivity contribution in [3.8, 4) is 11.6 Å². The van der Waals surface area contributed by atoms with Crippen LogP contribution in [0.15, 0.2) is 12.1 Å². The number of ketones is 1. The fourth-order valence-electron chi connectivity index (χ4n) is 3.40. The van der Waals surface area contributed by atoms with Crippen molar-refractivity contribution >= 4 is 27.3 Å². The van der Waals surface area contributed by atoms with Crippen LogP contribution in [0.2, 0.25) is 0 Å². The maximum absolute atomic E-state index is 14.2. The molecule has 0 amide bonds. The highest BCUT2D eigenvalue weighted by atomic mass is 32.1. The van der Waals surface area contributed by atoms with Gasteiger partial charge in [0.05, 0.1) is 10.9 Å². The molecule has 0 saturated heterocycles. The van der Waals surface area contributed by atoms with Gasteiger partial charge in [0, 0.05) is 16.9 Å². The molecule has 0 N–H and O–H groups in total. The van der Waals surface area contributed by atoms with Crippen LogP contribution in [0.1, 0.15) is 51.4 Å². The van der Waals surface area contributed by atoms with Gasteiger partial charge in [-0.2, -0.15) is 4.98 Å². The van der Waals surface area contributed by atoms with Crippen LogP contribution < -0.4 is 4.74 Å². The molecule has 3 aromatic rings. The fourth-order valence-corrected chi connectivity index (χ4v) is 4.47. The van der Waals surface area contributed by atoms with E-state index in [0.717, 1.165) is 20.7 Å². The molecule has 1 aliphatic rings. The van der Waals surface area contributed by atoms with Crippen molar-refractivity contribution in [3.05, 3.63) is 45.3 Å². The van der Waals surface area contributed by atoms with Crippen molar-refractivity contribution < 1.29 is 13.9 Å². The molecule has 1 aromatic carbocycles. The van der Waals surface area contributed by atoms with Gasteiger partial charge < -0.3 is 4.74 Å². The molecular formula is C19H17FN2O2S. The molecule has 0 fully saturated rings. The van der Waals surface area contributed by atoms with Crippen LogP contribution in [-0.2, 0) is 0 Å². The summed E-state index contributed by atoms with van der Waals surface area (Å²) in [7, 11) is 0. The Morgan fingerprint density at radius 3 is 2.76 bits per heavy atom. The van der Waals surface area contributed by atoms with E-state index in [9.17, 15) is 9.18 Å². The van der Waals surface area contributed by atoms with Gasteiger partial charge >= 0.3 is 0 Å². The van der Waals surface area contributed by atoms with E-state index in [-0.39, 0.29) is 17.5 Å². The molecule has 1 aliphatic carbocycles. The summed E-state index contributed by atoms with van der Waals surface area (Å²) in [5.74, 6) is 0.814. The first-order chi connectivity index (χ1) is 11.9. The summed E-state index contributed by atoms with van der Waals surface area (Å²) >= 11 is 1.59. The molecule has 2 aromatic heterocycles. The number of Topliss-reactive ketones (excluding diaryl/α,β-unsaturated/α-hetero) is 1. The molecule has 0 saturated carbocycles. The first-order valence-corrected chi connectivity index (χ1v) is 8.96. The fraction of sp³-hybridized carbons (Fsp3) is 0.316. The number of fused-ring (bicyclic) bond motifs is 2. The molecule has 128 valence electrons. The summed E-state index contributed by atoms with van der Waals surface area (Å²) in [5.41, 5.74) is 1.86. The molecule has 2 heterocycles. The third-order valence-corrected chi connectivity index (χ3v) is 5.83. The zero-order valence-corrected chi connectivity index (χ0v) is 15.3. The maximum atomic E-state index is 14.2. The second-order valence-corrected chi connectivity index (χ2v) is 7.71. The van der Waals surface area contributed by atoms with Gasteiger partial charge in [-0.15, -0.1) is 11.3 Å². The number of hydrogen-bond acceptors (Lipinski definition) is 5. The topological polar surface area (TPSA) is 52.1 Å². The molecule has 4 rings (SSSR count). The number of thiophene rings is 1. The van der Waals surface area contributed by atoms with Crippen molar-refractivity contribution in [2.24, 2.45) is 0 Å². The molecule has 4 nitrogen and oxygen atoms in total. The number of carbonyl (C=O) groups excluding carboxylic acids is 1. The summed E-state index contributed by atoms with van der Waals surface area (Å²) in [6, 6.07) is 2.88. The normalized spacial score (nSPS) is 16.5. The van der Waals surface area contributed by atoms with Gasteiger partial charge in [0.15, 0.2) is 5.78 Å². The molecule has 0 bridgehead atoms. The van der Waals surface area contributed by atoms with E-state index in [1.165, 1.54) is 12.1 Å². The lowest BCUT2D eigenvalue weighted by Crippen LogP contribution is -2.01. The first-order valence-electron chi connectivity index (χ1n) is 8.14. The van der Waals surface area contributed by atoms with Crippen LogP contribution in [-0.4, -0.2) is 15.8 Å². The summed E-state index contributed by atoms with van der Waals surface area (Å²) in [6.07, 6.45) is 0.307. The van der Waals surface area contributed by atoms with Crippen molar-refractivity contribution in [2.45, 2.75) is 40.0 Å². The SMILES string of the molecule is Cc1nc(Oc2ccc(F)c3c2C(=O)CC3C)c2c(C)c(C)sc2n1. The molecule has 0 aliphatic heterocycles. The van der Waals surface area contributed by atoms with Crippen molar-refractivity contribution in [1.29, 1.82) is 0 Å². The van der Waals surface area contributed by atoms with E-state index >= 15 is 0 Å². The van der Waals surface area contributed by atoms with Crippen LogP contribution in [0.5, 0.6) is 11.6 Å². The number of rotatable bonds is 2. The summed E-state index contributed by atoms with van der Waals surface area (Å²) in [5, 5.41) is 0.852. The van der Waals surface area contributed by atoms with E-state index in [1.54, 1.807) is 18.3 Å². The van der Waals surface area contributed by atoms with Crippen LogP contribution in [0.3, 0.4) is 0 Å². The van der Waals surface area contributed by atoms with Crippen molar-refractivity contribution in [2.75, 3.05) is 0 Å². The Morgan fingerprint density at radius 1 is 1.24 bits per heavy atom. The van der Waals surface area contributed by atoms with E-state index in [4.69, 9.17) is 4.74 Å². The number of benzene rings is 1. The van der Waals surface area contributed by atoms with Gasteiger partial charge in [-0.25, -0.2) is 9.37 Å². The Hall–Kier alpha value is -2.34. The first kappa shape index (κ1) is 16.1. The molecule has 25 heavy (non-hydrogen) atoms. The van der Waals surface area contributed by atoms with Crippen molar-refractivity contribution in [3.63, 3.8) is 0 Å². The van der Waals surface area contributed by atoms with Gasteiger partial charge in [-0.05, 0) is 44.4 Å². The van der Waals surface area contributed by atoms with Crippen LogP contribution >= 0.6 is 11.3 Å². The third-order valence-electron chi connectivity index (χ3n) is 4.73. The molecule has 6 heteroatoms. The molecule has 1 unspecified atom stereocenters. The van der Waals surface area contributed by atoms with Crippen LogP contribution in [0.25, 0.3) is 10.2 Å². The highest BCUT2D eigenvalue weighted by Gasteiger charge is 2.33. The highest BCUT2D eigenvalue weighted by Crippen LogP contribution is 2.43. The van der Waals surface area contributed by atoms with E-state index in [2.05, 4.69) is 9.97 Å². The minimum Gasteiger partial charge on any atom is -0.437 e. The number of aryl methyl sites for hydroxylation is 3. The number of ether oxygens (including phenoxy) is 1. The summed E-state index contributed by atoms with van der Waals surface area (Å²) in [6.45, 7) is 7.69. The summed E-state index contributed by atoms with van der Waals surface area (Å²) < 4.78 is 20.2. The molecule has 1 atom stereocenters. The Kier molecular flexibility index (Phi) is 3.61. The number of carbonyl (C=O) groups is 1. The van der Waals surface area contributed by atoms with E-state index < -0.39 is 0 Å². The van der Waals surface area contributed by atoms with E-state index in [0.29, 0.717) is 35.0 Å².